The predicted octanol–water partition coefficient (Wildman–Crippen LogP) is 2.53. The molecule has 0 unspecified atom stereocenters. The van der Waals surface area contributed by atoms with Gasteiger partial charge < -0.3 is 24.1 Å². The van der Waals surface area contributed by atoms with Crippen LogP contribution in [0.25, 0.3) is 22.1 Å². The number of methoxy groups -OCH3 is 1. The maximum absolute atomic E-state index is 12.1. The summed E-state index contributed by atoms with van der Waals surface area (Å²) in [5.74, 6) is 0.983. The van der Waals surface area contributed by atoms with Gasteiger partial charge >= 0.3 is 5.63 Å². The van der Waals surface area contributed by atoms with E-state index in [1.165, 1.54) is 6.07 Å². The van der Waals surface area contributed by atoms with Crippen LogP contribution in [0.4, 0.5) is 0 Å². The Morgan fingerprint density at radius 2 is 1.79 bits per heavy atom. The van der Waals surface area contributed by atoms with Crippen molar-refractivity contribution in [1.82, 2.24) is 10.2 Å². The van der Waals surface area contributed by atoms with Crippen molar-refractivity contribution in [3.8, 4) is 22.6 Å². The summed E-state index contributed by atoms with van der Waals surface area (Å²) in [7, 11) is 5.48. The van der Waals surface area contributed by atoms with Crippen LogP contribution in [0.15, 0.2) is 57.7 Å². The second kappa shape index (κ2) is 9.25. The first-order valence-electron chi connectivity index (χ1n) is 9.23. The molecule has 1 N–H and O–H groups in total. The van der Waals surface area contributed by atoms with E-state index < -0.39 is 5.63 Å². The largest absolute Gasteiger partial charge is 0.497 e. The lowest BCUT2D eigenvalue weighted by atomic mass is 10.0. The zero-order valence-electron chi connectivity index (χ0n) is 16.7. The molecule has 152 valence electrons. The first kappa shape index (κ1) is 20.4. The van der Waals surface area contributed by atoms with E-state index in [-0.39, 0.29) is 12.5 Å². The minimum absolute atomic E-state index is 0.110. The molecule has 0 fully saturated rings. The molecule has 3 rings (SSSR count). The van der Waals surface area contributed by atoms with Gasteiger partial charge in [-0.05, 0) is 49.5 Å². The van der Waals surface area contributed by atoms with E-state index in [1.807, 2.05) is 49.3 Å². The number of benzene rings is 2. The number of nitrogens with one attached hydrogen (secondary N) is 1. The molecular formula is C22H24N2O5. The van der Waals surface area contributed by atoms with Crippen molar-refractivity contribution in [2.75, 3.05) is 40.9 Å². The van der Waals surface area contributed by atoms with Crippen molar-refractivity contribution >= 4 is 16.9 Å². The third kappa shape index (κ3) is 5.36. The van der Waals surface area contributed by atoms with Crippen LogP contribution >= 0.6 is 0 Å². The number of fused-ring (bicyclic) bond motifs is 1. The number of likely N-dealkylation sites (N-methyl/N-ethyl adjacent to an activating group) is 1. The minimum atomic E-state index is -0.457. The SMILES string of the molecule is COc1ccc(-c2cc(=O)oc3cc(OCC(=O)NCCN(C)C)ccc23)cc1. The maximum Gasteiger partial charge on any atom is 0.336 e. The number of carbonyl (C=O) groups excluding carboxylic acids is 1. The number of hydrogen-bond acceptors (Lipinski definition) is 6. The van der Waals surface area contributed by atoms with Crippen molar-refractivity contribution in [3.05, 3.63) is 59.0 Å². The first-order valence-corrected chi connectivity index (χ1v) is 9.23. The molecule has 0 aliphatic rings. The molecule has 1 aromatic heterocycles. The molecule has 0 spiro atoms. The second-order valence-electron chi connectivity index (χ2n) is 6.81. The van der Waals surface area contributed by atoms with Crippen LogP contribution < -0.4 is 20.4 Å². The molecular weight excluding hydrogens is 372 g/mol. The van der Waals surface area contributed by atoms with Crippen LogP contribution in [0.5, 0.6) is 11.5 Å². The van der Waals surface area contributed by atoms with E-state index >= 15 is 0 Å². The van der Waals surface area contributed by atoms with E-state index in [0.29, 0.717) is 17.9 Å². The van der Waals surface area contributed by atoms with Gasteiger partial charge in [0.05, 0.1) is 7.11 Å². The Kier molecular flexibility index (Phi) is 6.51. The van der Waals surface area contributed by atoms with Gasteiger partial charge in [-0.2, -0.15) is 0 Å². The average Bonchev–Trinajstić information content (AvgIpc) is 2.71. The Bertz CT molecular complexity index is 1040. The van der Waals surface area contributed by atoms with Crippen molar-refractivity contribution < 1.29 is 18.7 Å². The van der Waals surface area contributed by atoms with Gasteiger partial charge in [-0.15, -0.1) is 0 Å². The highest BCUT2D eigenvalue weighted by Gasteiger charge is 2.10. The van der Waals surface area contributed by atoms with Crippen molar-refractivity contribution in [2.45, 2.75) is 0 Å². The lowest BCUT2D eigenvalue weighted by molar-refractivity contribution is -0.123. The topological polar surface area (TPSA) is 81.0 Å². The van der Waals surface area contributed by atoms with E-state index in [4.69, 9.17) is 13.9 Å². The summed E-state index contributed by atoms with van der Waals surface area (Å²) in [5.41, 5.74) is 1.57. The fourth-order valence-corrected chi connectivity index (χ4v) is 2.86. The van der Waals surface area contributed by atoms with E-state index in [9.17, 15) is 9.59 Å². The fraction of sp³-hybridized carbons (Fsp3) is 0.273. The van der Waals surface area contributed by atoms with E-state index in [2.05, 4.69) is 5.32 Å². The molecule has 7 nitrogen and oxygen atoms in total. The summed E-state index contributed by atoms with van der Waals surface area (Å²) in [5, 5.41) is 3.56. The highest BCUT2D eigenvalue weighted by Crippen LogP contribution is 2.30. The fourth-order valence-electron chi connectivity index (χ4n) is 2.86. The van der Waals surface area contributed by atoms with Crippen molar-refractivity contribution in [2.24, 2.45) is 0 Å². The van der Waals surface area contributed by atoms with E-state index in [1.54, 1.807) is 19.2 Å². The van der Waals surface area contributed by atoms with Gasteiger partial charge in [-0.3, -0.25) is 4.79 Å². The molecule has 2 aromatic carbocycles. The first-order chi connectivity index (χ1) is 14.0. The Labute approximate surface area is 168 Å². The lowest BCUT2D eigenvalue weighted by Crippen LogP contribution is -2.34. The molecule has 3 aromatic rings. The highest BCUT2D eigenvalue weighted by atomic mass is 16.5. The normalized spacial score (nSPS) is 10.9. The summed E-state index contributed by atoms with van der Waals surface area (Å²) in [6.07, 6.45) is 0. The van der Waals surface area contributed by atoms with Crippen molar-refractivity contribution in [3.63, 3.8) is 0 Å². The van der Waals surface area contributed by atoms with Crippen LogP contribution in [-0.2, 0) is 4.79 Å². The van der Waals surface area contributed by atoms with Crippen LogP contribution in [-0.4, -0.2) is 51.7 Å². The van der Waals surface area contributed by atoms with Crippen LogP contribution in [0.3, 0.4) is 0 Å². The van der Waals surface area contributed by atoms with Crippen LogP contribution in [0, 0.1) is 0 Å². The lowest BCUT2D eigenvalue weighted by Gasteiger charge is -2.11. The van der Waals surface area contributed by atoms with Crippen LogP contribution in [0.2, 0.25) is 0 Å². The number of rotatable bonds is 8. The number of carbonyl (C=O) groups is 1. The molecule has 7 heteroatoms. The molecule has 0 saturated carbocycles. The Balaban J connectivity index is 1.78. The summed E-state index contributed by atoms with van der Waals surface area (Å²) in [6.45, 7) is 1.19. The van der Waals surface area contributed by atoms with Gasteiger partial charge in [0.2, 0.25) is 0 Å². The van der Waals surface area contributed by atoms with Gasteiger partial charge in [-0.1, -0.05) is 12.1 Å². The summed E-state index contributed by atoms with van der Waals surface area (Å²) in [6, 6.07) is 14.1. The highest BCUT2D eigenvalue weighted by molar-refractivity contribution is 5.93. The molecule has 0 radical (unpaired) electrons. The molecule has 1 amide bonds. The van der Waals surface area contributed by atoms with Crippen molar-refractivity contribution in [1.29, 1.82) is 0 Å². The standard InChI is InChI=1S/C22H24N2O5/c1-24(2)11-10-23-21(25)14-28-17-8-9-18-19(13-22(26)29-20(18)12-17)15-4-6-16(27-3)7-5-15/h4-9,12-13H,10-11,14H2,1-3H3,(H,23,25). The van der Waals surface area contributed by atoms with E-state index in [0.717, 1.165) is 28.8 Å². The Morgan fingerprint density at radius 3 is 2.48 bits per heavy atom. The molecule has 0 aliphatic carbocycles. The Hall–Kier alpha value is -3.32. The average molecular weight is 396 g/mol. The minimum Gasteiger partial charge on any atom is -0.497 e. The van der Waals surface area contributed by atoms with Gasteiger partial charge in [0.15, 0.2) is 6.61 Å². The van der Waals surface area contributed by atoms with Gasteiger partial charge in [0.25, 0.3) is 5.91 Å². The summed E-state index contributed by atoms with van der Waals surface area (Å²) in [4.78, 5) is 25.9. The monoisotopic (exact) mass is 396 g/mol. The number of ether oxygens (including phenoxy) is 2. The van der Waals surface area contributed by atoms with Gasteiger partial charge in [0.1, 0.15) is 17.1 Å². The Morgan fingerprint density at radius 1 is 1.07 bits per heavy atom. The predicted molar refractivity (Wildman–Crippen MR) is 112 cm³/mol. The summed E-state index contributed by atoms with van der Waals surface area (Å²) >= 11 is 0. The maximum atomic E-state index is 12.1. The molecule has 0 atom stereocenters. The number of amides is 1. The molecule has 0 saturated heterocycles. The zero-order chi connectivity index (χ0) is 20.8. The zero-order valence-corrected chi connectivity index (χ0v) is 16.7. The third-order valence-corrected chi connectivity index (χ3v) is 4.37. The van der Waals surface area contributed by atoms with Gasteiger partial charge in [0, 0.05) is 30.6 Å². The molecule has 0 bridgehead atoms. The second-order valence-corrected chi connectivity index (χ2v) is 6.81. The molecule has 0 aliphatic heterocycles. The third-order valence-electron chi connectivity index (χ3n) is 4.37. The van der Waals surface area contributed by atoms with Crippen LogP contribution in [0.1, 0.15) is 0 Å². The van der Waals surface area contributed by atoms with Gasteiger partial charge in [-0.25, -0.2) is 4.79 Å². The molecule has 29 heavy (non-hydrogen) atoms. The summed E-state index contributed by atoms with van der Waals surface area (Å²) < 4.78 is 16.1. The smallest absolute Gasteiger partial charge is 0.336 e. The number of nitrogens with zero attached hydrogens (tertiary/aromatic N) is 1. The molecule has 1 heterocycles. The quantitative estimate of drug-likeness (QED) is 0.590. The number of hydrogen-bond donors (Lipinski definition) is 1.